The summed E-state index contributed by atoms with van der Waals surface area (Å²) in [6.07, 6.45) is 8.67. The molecular formula is C18H22N2O4. The van der Waals surface area contributed by atoms with Gasteiger partial charge in [-0.05, 0) is 38.2 Å². The highest BCUT2D eigenvalue weighted by atomic mass is 16.6. The first-order valence-corrected chi connectivity index (χ1v) is 8.19. The van der Waals surface area contributed by atoms with Crippen LogP contribution in [0.4, 0.5) is 4.79 Å². The molecule has 2 aromatic heterocycles. The van der Waals surface area contributed by atoms with Gasteiger partial charge in [-0.2, -0.15) is 0 Å². The number of Topliss-reactive ketones (excluding diaryl/α,β-unsaturated/α-hetero) is 1. The third kappa shape index (κ3) is 2.66. The van der Waals surface area contributed by atoms with Crippen LogP contribution in [0.2, 0.25) is 0 Å². The van der Waals surface area contributed by atoms with Gasteiger partial charge in [0, 0.05) is 24.4 Å². The van der Waals surface area contributed by atoms with E-state index in [2.05, 4.69) is 4.98 Å². The van der Waals surface area contributed by atoms with Crippen molar-refractivity contribution in [2.45, 2.75) is 46.1 Å². The molecule has 6 nitrogen and oxygen atoms in total. The number of hydrogen-bond acceptors (Lipinski definition) is 5. The number of nitrogens with zero attached hydrogens (tertiary/aromatic N) is 2. The van der Waals surface area contributed by atoms with E-state index in [9.17, 15) is 9.59 Å². The zero-order valence-electron chi connectivity index (χ0n) is 14.2. The van der Waals surface area contributed by atoms with Gasteiger partial charge < -0.3 is 9.15 Å². The average molecular weight is 330 g/mol. The maximum Gasteiger partial charge on any atom is 0.419 e. The third-order valence-corrected chi connectivity index (χ3v) is 5.32. The van der Waals surface area contributed by atoms with Crippen LogP contribution < -0.4 is 0 Å². The monoisotopic (exact) mass is 330 g/mol. The van der Waals surface area contributed by atoms with Crippen LogP contribution in [0.15, 0.2) is 35.7 Å². The predicted octanol–water partition coefficient (Wildman–Crippen LogP) is 3.91. The van der Waals surface area contributed by atoms with Crippen LogP contribution in [-0.2, 0) is 9.53 Å². The second kappa shape index (κ2) is 6.26. The van der Waals surface area contributed by atoms with Crippen molar-refractivity contribution in [3.8, 4) is 0 Å². The Kier molecular flexibility index (Phi) is 4.30. The zero-order chi connectivity index (χ0) is 17.3. The summed E-state index contributed by atoms with van der Waals surface area (Å²) in [6.45, 7) is 5.83. The molecule has 0 bridgehead atoms. The molecule has 3 atom stereocenters. The number of ether oxygens (including phenoxy) is 1. The van der Waals surface area contributed by atoms with Crippen molar-refractivity contribution < 1.29 is 18.7 Å². The summed E-state index contributed by atoms with van der Waals surface area (Å²) in [5, 5.41) is 0. The summed E-state index contributed by atoms with van der Waals surface area (Å²) in [5.41, 5.74) is 0.835. The first kappa shape index (κ1) is 16.5. The molecule has 0 saturated heterocycles. The van der Waals surface area contributed by atoms with Gasteiger partial charge in [-0.25, -0.2) is 14.3 Å². The van der Waals surface area contributed by atoms with Gasteiger partial charge in [-0.15, -0.1) is 0 Å². The molecule has 0 amide bonds. The summed E-state index contributed by atoms with van der Waals surface area (Å²) in [6, 6.07) is 0. The minimum absolute atomic E-state index is 0.105. The standard InChI is InChI=1S/C18H22N2O4/c1-12-9-23-10-14(12)16(24-17(22)20-8-7-19-11-20)18(3)13(2)5-4-6-15(18)21/h7-11,13,16H,4-6H2,1-3H3/t13-,16-,18+/m0/s1. The van der Waals surface area contributed by atoms with Crippen molar-refractivity contribution in [1.29, 1.82) is 0 Å². The number of hydrogen-bond donors (Lipinski definition) is 0. The number of carbonyl (C=O) groups excluding carboxylic acids is 2. The fourth-order valence-corrected chi connectivity index (χ4v) is 3.49. The lowest BCUT2D eigenvalue weighted by molar-refractivity contribution is -0.143. The van der Waals surface area contributed by atoms with Gasteiger partial charge in [-0.1, -0.05) is 6.92 Å². The Morgan fingerprint density at radius 2 is 2.29 bits per heavy atom. The summed E-state index contributed by atoms with van der Waals surface area (Å²) in [4.78, 5) is 29.1. The number of carbonyl (C=O) groups is 2. The van der Waals surface area contributed by atoms with E-state index in [4.69, 9.17) is 9.15 Å². The zero-order valence-corrected chi connectivity index (χ0v) is 14.2. The molecule has 1 aliphatic carbocycles. The van der Waals surface area contributed by atoms with Crippen molar-refractivity contribution in [3.63, 3.8) is 0 Å². The average Bonchev–Trinajstić information content (AvgIpc) is 3.21. The SMILES string of the molecule is Cc1cocc1[C@H](OC(=O)n1ccnc1)[C@@]1(C)C(=O)CCC[C@@H]1C. The molecule has 0 aromatic carbocycles. The molecule has 24 heavy (non-hydrogen) atoms. The Morgan fingerprint density at radius 3 is 2.88 bits per heavy atom. The van der Waals surface area contributed by atoms with Crippen LogP contribution in [0.3, 0.4) is 0 Å². The largest absolute Gasteiger partial charge is 0.472 e. The molecule has 128 valence electrons. The molecule has 2 heterocycles. The lowest BCUT2D eigenvalue weighted by atomic mass is 9.63. The second-order valence-electron chi connectivity index (χ2n) is 6.74. The van der Waals surface area contributed by atoms with E-state index in [0.717, 1.165) is 24.0 Å². The fraction of sp³-hybridized carbons (Fsp3) is 0.500. The van der Waals surface area contributed by atoms with Gasteiger partial charge in [-0.3, -0.25) is 4.79 Å². The normalized spacial score (nSPS) is 25.5. The van der Waals surface area contributed by atoms with Crippen LogP contribution in [0, 0.1) is 18.3 Å². The predicted molar refractivity (Wildman–Crippen MR) is 86.4 cm³/mol. The third-order valence-electron chi connectivity index (χ3n) is 5.32. The van der Waals surface area contributed by atoms with E-state index in [0.29, 0.717) is 6.42 Å². The van der Waals surface area contributed by atoms with Crippen LogP contribution >= 0.6 is 0 Å². The van der Waals surface area contributed by atoms with Gasteiger partial charge >= 0.3 is 6.09 Å². The molecule has 0 spiro atoms. The Hall–Kier alpha value is -2.37. The highest BCUT2D eigenvalue weighted by molar-refractivity contribution is 5.87. The summed E-state index contributed by atoms with van der Waals surface area (Å²) in [5.74, 6) is 0.235. The maximum absolute atomic E-state index is 12.8. The van der Waals surface area contributed by atoms with Gasteiger partial charge in [0.05, 0.1) is 17.9 Å². The highest BCUT2D eigenvalue weighted by Crippen LogP contribution is 2.49. The Morgan fingerprint density at radius 1 is 1.50 bits per heavy atom. The fourth-order valence-electron chi connectivity index (χ4n) is 3.49. The van der Waals surface area contributed by atoms with Crippen LogP contribution in [0.1, 0.15) is 50.3 Å². The van der Waals surface area contributed by atoms with Crippen LogP contribution in [-0.4, -0.2) is 21.4 Å². The van der Waals surface area contributed by atoms with Crippen molar-refractivity contribution in [3.05, 3.63) is 42.4 Å². The van der Waals surface area contributed by atoms with Crippen LogP contribution in [0.5, 0.6) is 0 Å². The molecule has 0 N–H and O–H groups in total. The molecule has 0 radical (unpaired) electrons. The number of ketones is 1. The van der Waals surface area contributed by atoms with E-state index in [1.807, 2.05) is 20.8 Å². The van der Waals surface area contributed by atoms with E-state index >= 15 is 0 Å². The van der Waals surface area contributed by atoms with E-state index in [1.165, 1.54) is 23.3 Å². The summed E-state index contributed by atoms with van der Waals surface area (Å²) >= 11 is 0. The summed E-state index contributed by atoms with van der Waals surface area (Å²) < 4.78 is 12.4. The molecule has 2 aromatic rings. The quantitative estimate of drug-likeness (QED) is 0.853. The van der Waals surface area contributed by atoms with Gasteiger partial charge in [0.25, 0.3) is 0 Å². The number of imidazole rings is 1. The molecular weight excluding hydrogens is 308 g/mol. The maximum atomic E-state index is 12.8. The number of furan rings is 1. The molecule has 0 aliphatic heterocycles. The first-order chi connectivity index (χ1) is 11.4. The Bertz CT molecular complexity index is 734. The van der Waals surface area contributed by atoms with E-state index in [1.54, 1.807) is 12.5 Å². The number of aromatic nitrogens is 2. The Balaban J connectivity index is 2.01. The molecule has 1 fully saturated rings. The number of rotatable bonds is 3. The molecule has 3 rings (SSSR count). The second-order valence-corrected chi connectivity index (χ2v) is 6.74. The minimum atomic E-state index is -0.775. The number of aryl methyl sites for hydroxylation is 1. The first-order valence-electron chi connectivity index (χ1n) is 8.19. The molecule has 1 saturated carbocycles. The van der Waals surface area contributed by atoms with Gasteiger partial charge in [0.15, 0.2) is 0 Å². The van der Waals surface area contributed by atoms with Crippen molar-refractivity contribution in [2.75, 3.05) is 0 Å². The topological polar surface area (TPSA) is 74.3 Å². The van der Waals surface area contributed by atoms with Gasteiger partial charge in [0.1, 0.15) is 18.2 Å². The minimum Gasteiger partial charge on any atom is -0.472 e. The Labute approximate surface area is 140 Å². The van der Waals surface area contributed by atoms with Crippen molar-refractivity contribution in [1.82, 2.24) is 9.55 Å². The lowest BCUT2D eigenvalue weighted by Gasteiger charge is -2.43. The highest BCUT2D eigenvalue weighted by Gasteiger charge is 2.50. The van der Waals surface area contributed by atoms with Crippen molar-refractivity contribution in [2.24, 2.45) is 11.3 Å². The molecule has 1 aliphatic rings. The smallest absolute Gasteiger partial charge is 0.419 e. The van der Waals surface area contributed by atoms with E-state index < -0.39 is 17.6 Å². The molecule has 6 heteroatoms. The molecule has 0 unspecified atom stereocenters. The lowest BCUT2D eigenvalue weighted by Crippen LogP contribution is -2.45. The van der Waals surface area contributed by atoms with Gasteiger partial charge in [0.2, 0.25) is 0 Å². The van der Waals surface area contributed by atoms with Crippen LogP contribution in [0.25, 0.3) is 0 Å². The van der Waals surface area contributed by atoms with Crippen molar-refractivity contribution >= 4 is 11.9 Å². The summed E-state index contributed by atoms with van der Waals surface area (Å²) in [7, 11) is 0. The van der Waals surface area contributed by atoms with E-state index in [-0.39, 0.29) is 11.7 Å².